The number of nitrogens with zero attached hydrogens (tertiary/aromatic N) is 3. The zero-order valence-corrected chi connectivity index (χ0v) is 20.4. The number of benzene rings is 1. The molecule has 2 aromatic heterocycles. The number of fused-ring (bicyclic) bond motifs is 4. The average molecular weight is 481 g/mol. The Morgan fingerprint density at radius 3 is 2.79 bits per heavy atom. The van der Waals surface area contributed by atoms with Crippen LogP contribution in [-0.2, 0) is 16.8 Å². The second-order valence-corrected chi connectivity index (χ2v) is 11.2. The van der Waals surface area contributed by atoms with E-state index in [1.165, 1.54) is 17.4 Å². The molecule has 8 heteroatoms. The summed E-state index contributed by atoms with van der Waals surface area (Å²) in [6.07, 6.45) is 7.26. The van der Waals surface area contributed by atoms with Crippen LogP contribution in [0.15, 0.2) is 29.8 Å². The van der Waals surface area contributed by atoms with E-state index in [0.29, 0.717) is 6.54 Å². The maximum Gasteiger partial charge on any atom is 0.226 e. The van der Waals surface area contributed by atoms with Crippen molar-refractivity contribution in [2.75, 3.05) is 33.4 Å². The molecule has 0 unspecified atom stereocenters. The molecule has 1 aliphatic carbocycles. The fraction of sp³-hybridized carbons (Fsp3) is 0.538. The number of ether oxygens (including phenoxy) is 1. The summed E-state index contributed by atoms with van der Waals surface area (Å²) in [5.41, 5.74) is 3.13. The third-order valence-electron chi connectivity index (χ3n) is 8.05. The highest BCUT2D eigenvalue weighted by molar-refractivity contribution is 7.09. The van der Waals surface area contributed by atoms with E-state index in [1.807, 2.05) is 28.6 Å². The first-order valence-electron chi connectivity index (χ1n) is 12.3. The van der Waals surface area contributed by atoms with Crippen molar-refractivity contribution < 1.29 is 14.6 Å². The predicted molar refractivity (Wildman–Crippen MR) is 132 cm³/mol. The minimum atomic E-state index is -0.332. The highest BCUT2D eigenvalue weighted by Gasteiger charge is 2.54. The Bertz CT molecular complexity index is 1180. The molecule has 1 spiro atoms. The van der Waals surface area contributed by atoms with Crippen LogP contribution in [0.3, 0.4) is 0 Å². The first-order valence-corrected chi connectivity index (χ1v) is 13.2. The third-order valence-corrected chi connectivity index (χ3v) is 8.82. The van der Waals surface area contributed by atoms with Crippen LogP contribution >= 0.6 is 11.3 Å². The van der Waals surface area contributed by atoms with E-state index >= 15 is 0 Å². The van der Waals surface area contributed by atoms with Gasteiger partial charge in [0.15, 0.2) is 0 Å². The van der Waals surface area contributed by atoms with Gasteiger partial charge in [-0.1, -0.05) is 19.3 Å². The Balaban J connectivity index is 1.40. The van der Waals surface area contributed by atoms with Crippen molar-refractivity contribution in [3.05, 3.63) is 46.0 Å². The van der Waals surface area contributed by atoms with E-state index < -0.39 is 0 Å². The van der Waals surface area contributed by atoms with Crippen LogP contribution in [0.5, 0.6) is 5.75 Å². The van der Waals surface area contributed by atoms with Gasteiger partial charge in [0.2, 0.25) is 5.91 Å². The smallest absolute Gasteiger partial charge is 0.226 e. The average Bonchev–Trinajstić information content (AvgIpc) is 3.50. The van der Waals surface area contributed by atoms with Gasteiger partial charge in [-0.3, -0.25) is 9.69 Å². The number of carbonyl (C=O) groups is 1. The highest BCUT2D eigenvalue weighted by atomic mass is 32.1. The first kappa shape index (κ1) is 22.1. The van der Waals surface area contributed by atoms with Crippen molar-refractivity contribution in [3.63, 3.8) is 0 Å². The summed E-state index contributed by atoms with van der Waals surface area (Å²) in [5.74, 6) is 1.10. The van der Waals surface area contributed by atoms with Crippen molar-refractivity contribution in [1.82, 2.24) is 19.8 Å². The number of carbonyl (C=O) groups excluding carboxylic acids is 1. The number of amides is 1. The normalized spacial score (nSPS) is 22.6. The molecule has 1 saturated heterocycles. The second-order valence-electron chi connectivity index (χ2n) is 10.2. The van der Waals surface area contributed by atoms with Crippen LogP contribution in [0.4, 0.5) is 0 Å². The van der Waals surface area contributed by atoms with Crippen LogP contribution in [0.2, 0.25) is 0 Å². The molecule has 34 heavy (non-hydrogen) atoms. The topological polar surface area (TPSA) is 81.7 Å². The van der Waals surface area contributed by atoms with Crippen LogP contribution in [0.1, 0.15) is 54.4 Å². The molecule has 2 fully saturated rings. The van der Waals surface area contributed by atoms with E-state index in [2.05, 4.69) is 20.9 Å². The molecular weight excluding hydrogens is 448 g/mol. The fourth-order valence-electron chi connectivity index (χ4n) is 6.52. The zero-order chi connectivity index (χ0) is 23.3. The Kier molecular flexibility index (Phi) is 5.62. The molecule has 180 valence electrons. The van der Waals surface area contributed by atoms with E-state index in [1.54, 1.807) is 18.4 Å². The number of aliphatic hydroxyl groups excluding tert-OH is 1. The molecule has 6 rings (SSSR count). The molecule has 1 amide bonds. The molecule has 2 aliphatic heterocycles. The van der Waals surface area contributed by atoms with Crippen molar-refractivity contribution >= 4 is 28.1 Å². The SMILES string of the molecule is COc1ccc2c3c([nH]c2c1)[C@H](CO)N(C(=O)C1CCCCC1)CC31CN(Cc2nccs2)C1. The standard InChI is InChI=1S/C26H32N4O3S/c1-33-18-7-8-19-20(11-18)28-24-21(13-31)30(25(32)17-5-3-2-4-6-17)16-26(23(19)24)14-29(15-26)12-22-27-9-10-34-22/h7-11,17,21,28,31H,2-6,12-16H2,1H3/t21-/m0/s1. The van der Waals surface area contributed by atoms with Gasteiger partial charge in [0.25, 0.3) is 0 Å². The van der Waals surface area contributed by atoms with Gasteiger partial charge in [-0.2, -0.15) is 0 Å². The molecule has 1 atom stereocenters. The summed E-state index contributed by atoms with van der Waals surface area (Å²) < 4.78 is 5.47. The lowest BCUT2D eigenvalue weighted by Gasteiger charge is -2.56. The van der Waals surface area contributed by atoms with Crippen molar-refractivity contribution in [1.29, 1.82) is 0 Å². The van der Waals surface area contributed by atoms with E-state index in [4.69, 9.17) is 4.74 Å². The Morgan fingerprint density at radius 1 is 1.26 bits per heavy atom. The molecule has 7 nitrogen and oxygen atoms in total. The molecule has 0 radical (unpaired) electrons. The quantitative estimate of drug-likeness (QED) is 0.580. The van der Waals surface area contributed by atoms with Crippen LogP contribution in [0, 0.1) is 5.92 Å². The number of nitrogens with one attached hydrogen (secondary N) is 1. The number of likely N-dealkylation sites (tertiary alicyclic amines) is 1. The van der Waals surface area contributed by atoms with Gasteiger partial charge in [-0.25, -0.2) is 4.98 Å². The minimum Gasteiger partial charge on any atom is -0.497 e. The summed E-state index contributed by atoms with van der Waals surface area (Å²) in [7, 11) is 1.68. The van der Waals surface area contributed by atoms with E-state index in [0.717, 1.165) is 67.3 Å². The van der Waals surface area contributed by atoms with Crippen LogP contribution in [-0.4, -0.2) is 64.1 Å². The summed E-state index contributed by atoms with van der Waals surface area (Å²) in [4.78, 5) is 26.3. The Morgan fingerprint density at radius 2 is 2.09 bits per heavy atom. The number of H-pyrrole nitrogens is 1. The first-order chi connectivity index (χ1) is 16.6. The monoisotopic (exact) mass is 480 g/mol. The van der Waals surface area contributed by atoms with Gasteiger partial charge in [0, 0.05) is 65.2 Å². The lowest BCUT2D eigenvalue weighted by molar-refractivity contribution is -0.144. The van der Waals surface area contributed by atoms with Crippen molar-refractivity contribution in [3.8, 4) is 5.75 Å². The van der Waals surface area contributed by atoms with E-state index in [-0.39, 0.29) is 29.9 Å². The summed E-state index contributed by atoms with van der Waals surface area (Å²) >= 11 is 1.69. The largest absolute Gasteiger partial charge is 0.497 e. The number of hydrogen-bond donors (Lipinski definition) is 2. The highest BCUT2D eigenvalue weighted by Crippen LogP contribution is 2.49. The summed E-state index contributed by atoms with van der Waals surface area (Å²) in [6, 6.07) is 5.82. The third kappa shape index (κ3) is 3.54. The number of methoxy groups -OCH3 is 1. The Hall–Kier alpha value is -2.42. The van der Waals surface area contributed by atoms with Gasteiger partial charge < -0.3 is 19.7 Å². The number of aromatic nitrogens is 2. The molecular formula is C26H32N4O3S. The molecule has 1 aromatic carbocycles. The second kappa shape index (κ2) is 8.66. The molecule has 3 aromatic rings. The number of thiazole rings is 1. The Labute approximate surface area is 203 Å². The van der Waals surface area contributed by atoms with Crippen LogP contribution in [0.25, 0.3) is 10.9 Å². The van der Waals surface area contributed by atoms with Gasteiger partial charge in [0.1, 0.15) is 10.8 Å². The van der Waals surface area contributed by atoms with Gasteiger partial charge >= 0.3 is 0 Å². The summed E-state index contributed by atoms with van der Waals surface area (Å²) in [6.45, 7) is 3.18. The number of aromatic amines is 1. The minimum absolute atomic E-state index is 0.0751. The number of hydrogen-bond acceptors (Lipinski definition) is 6. The van der Waals surface area contributed by atoms with E-state index in [9.17, 15) is 9.90 Å². The maximum atomic E-state index is 13.8. The van der Waals surface area contributed by atoms with Crippen molar-refractivity contribution in [2.45, 2.75) is 50.1 Å². The van der Waals surface area contributed by atoms with Crippen LogP contribution < -0.4 is 4.74 Å². The lowest BCUT2D eigenvalue weighted by Crippen LogP contribution is -2.67. The lowest BCUT2D eigenvalue weighted by atomic mass is 9.68. The molecule has 1 saturated carbocycles. The molecule has 3 aliphatic rings. The van der Waals surface area contributed by atoms with Gasteiger partial charge in [-0.15, -0.1) is 11.3 Å². The van der Waals surface area contributed by atoms with Gasteiger partial charge in [-0.05, 0) is 30.5 Å². The molecule has 0 bridgehead atoms. The molecule has 4 heterocycles. The number of aliphatic hydroxyl groups is 1. The maximum absolute atomic E-state index is 13.8. The predicted octanol–water partition coefficient (Wildman–Crippen LogP) is 3.84. The zero-order valence-electron chi connectivity index (χ0n) is 19.6. The number of rotatable bonds is 5. The summed E-state index contributed by atoms with van der Waals surface area (Å²) in [5, 5.41) is 14.8. The molecule has 2 N–H and O–H groups in total. The van der Waals surface area contributed by atoms with Crippen molar-refractivity contribution in [2.24, 2.45) is 5.92 Å². The van der Waals surface area contributed by atoms with Gasteiger partial charge in [0.05, 0.1) is 26.3 Å². The fourth-order valence-corrected chi connectivity index (χ4v) is 7.18.